The van der Waals surface area contributed by atoms with Gasteiger partial charge in [-0.05, 0) is 37.1 Å². The average Bonchev–Trinajstić information content (AvgIpc) is 3.17. The molecule has 0 radical (unpaired) electrons. The minimum atomic E-state index is -3.42. The number of sulfonamides is 1. The van der Waals surface area contributed by atoms with E-state index in [2.05, 4.69) is 14.6 Å². The van der Waals surface area contributed by atoms with E-state index in [4.69, 9.17) is 0 Å². The summed E-state index contributed by atoms with van der Waals surface area (Å²) in [4.78, 5) is 7.51. The Hall–Kier alpha value is -1.44. The topological polar surface area (TPSA) is 62.3 Å². The Bertz CT molecular complexity index is 728. The van der Waals surface area contributed by atoms with E-state index in [0.717, 1.165) is 30.1 Å². The third-order valence-corrected chi connectivity index (χ3v) is 6.98. The van der Waals surface area contributed by atoms with Gasteiger partial charge in [-0.15, -0.1) is 11.3 Å². The molecule has 1 fully saturated rings. The van der Waals surface area contributed by atoms with Crippen LogP contribution in [0, 0.1) is 0 Å². The molecular formula is C15H19N3O2S2. The van der Waals surface area contributed by atoms with Crippen LogP contribution in [0.1, 0.15) is 18.2 Å². The van der Waals surface area contributed by atoms with E-state index >= 15 is 0 Å². The summed E-state index contributed by atoms with van der Waals surface area (Å²) in [5.41, 5.74) is 0. The van der Waals surface area contributed by atoms with E-state index in [1.807, 2.05) is 31.2 Å². The SMILES string of the molecule is CCc1ccc(S(=O)(=O)NC2CCN(c3ccccn3)C2)s1. The van der Waals surface area contributed by atoms with E-state index in [0.29, 0.717) is 10.8 Å². The lowest BCUT2D eigenvalue weighted by Crippen LogP contribution is -2.36. The first kappa shape index (κ1) is 15.5. The lowest BCUT2D eigenvalue weighted by molar-refractivity contribution is 0.563. The number of hydrogen-bond acceptors (Lipinski definition) is 5. The molecule has 118 valence electrons. The summed E-state index contributed by atoms with van der Waals surface area (Å²) in [6, 6.07) is 9.27. The van der Waals surface area contributed by atoms with Crippen molar-refractivity contribution in [1.82, 2.24) is 9.71 Å². The van der Waals surface area contributed by atoms with Gasteiger partial charge in [0.05, 0.1) is 0 Å². The maximum absolute atomic E-state index is 12.4. The standard InChI is InChI=1S/C15H19N3O2S2/c1-2-13-6-7-15(21-13)22(19,20)17-12-8-10-18(11-12)14-5-3-4-9-16-14/h3-7,9,12,17H,2,8,10-11H2,1H3. The third-order valence-electron chi connectivity index (χ3n) is 3.73. The van der Waals surface area contributed by atoms with Crippen LogP contribution in [0.2, 0.25) is 0 Å². The maximum atomic E-state index is 12.4. The third kappa shape index (κ3) is 3.31. The molecule has 0 aromatic carbocycles. The quantitative estimate of drug-likeness (QED) is 0.909. The minimum absolute atomic E-state index is 0.0702. The fourth-order valence-corrected chi connectivity index (χ4v) is 5.15. The molecule has 0 spiro atoms. The van der Waals surface area contributed by atoms with Crippen molar-refractivity contribution in [3.8, 4) is 0 Å². The minimum Gasteiger partial charge on any atom is -0.355 e. The van der Waals surface area contributed by atoms with Crippen LogP contribution in [0.5, 0.6) is 0 Å². The van der Waals surface area contributed by atoms with Crippen LogP contribution in [0.4, 0.5) is 5.82 Å². The molecule has 5 nitrogen and oxygen atoms in total. The Morgan fingerprint density at radius 3 is 2.91 bits per heavy atom. The van der Waals surface area contributed by atoms with Crippen LogP contribution in [0.25, 0.3) is 0 Å². The first-order valence-corrected chi connectivity index (χ1v) is 9.65. The molecule has 22 heavy (non-hydrogen) atoms. The van der Waals surface area contributed by atoms with Gasteiger partial charge in [-0.1, -0.05) is 13.0 Å². The van der Waals surface area contributed by atoms with Gasteiger partial charge in [0, 0.05) is 30.2 Å². The van der Waals surface area contributed by atoms with Crippen molar-refractivity contribution in [2.24, 2.45) is 0 Å². The number of anilines is 1. The second-order valence-corrected chi connectivity index (χ2v) is 8.42. The number of aromatic nitrogens is 1. The van der Waals surface area contributed by atoms with E-state index < -0.39 is 10.0 Å². The Morgan fingerprint density at radius 1 is 1.36 bits per heavy atom. The molecule has 1 aliphatic heterocycles. The number of aryl methyl sites for hydroxylation is 1. The Kier molecular flexibility index (Phi) is 4.46. The predicted octanol–water partition coefficient (Wildman–Crippen LogP) is 2.26. The highest BCUT2D eigenvalue weighted by molar-refractivity contribution is 7.91. The van der Waals surface area contributed by atoms with Crippen molar-refractivity contribution in [3.63, 3.8) is 0 Å². The van der Waals surface area contributed by atoms with Gasteiger partial charge in [-0.25, -0.2) is 18.1 Å². The van der Waals surface area contributed by atoms with Crippen molar-refractivity contribution in [2.75, 3.05) is 18.0 Å². The Balaban J connectivity index is 1.66. The van der Waals surface area contributed by atoms with Gasteiger partial charge in [0.2, 0.25) is 10.0 Å². The summed E-state index contributed by atoms with van der Waals surface area (Å²) in [5.74, 6) is 0.897. The summed E-state index contributed by atoms with van der Waals surface area (Å²) < 4.78 is 28.1. The van der Waals surface area contributed by atoms with Gasteiger partial charge in [-0.3, -0.25) is 0 Å². The molecule has 1 atom stereocenters. The van der Waals surface area contributed by atoms with Gasteiger partial charge in [0.15, 0.2) is 0 Å². The van der Waals surface area contributed by atoms with Crippen molar-refractivity contribution in [1.29, 1.82) is 0 Å². The van der Waals surface area contributed by atoms with Crippen LogP contribution in [0.3, 0.4) is 0 Å². The van der Waals surface area contributed by atoms with Crippen LogP contribution in [0.15, 0.2) is 40.7 Å². The molecule has 1 aliphatic rings. The van der Waals surface area contributed by atoms with Gasteiger partial charge in [0.25, 0.3) is 0 Å². The van der Waals surface area contributed by atoms with E-state index in [1.54, 1.807) is 12.3 Å². The Labute approximate surface area is 135 Å². The zero-order chi connectivity index (χ0) is 15.6. The average molecular weight is 337 g/mol. The predicted molar refractivity (Wildman–Crippen MR) is 88.9 cm³/mol. The van der Waals surface area contributed by atoms with Gasteiger partial charge < -0.3 is 4.90 Å². The van der Waals surface area contributed by atoms with E-state index in [1.165, 1.54) is 11.3 Å². The molecule has 1 unspecified atom stereocenters. The fourth-order valence-electron chi connectivity index (χ4n) is 2.58. The van der Waals surface area contributed by atoms with Crippen molar-refractivity contribution in [3.05, 3.63) is 41.4 Å². The second kappa shape index (κ2) is 6.36. The number of hydrogen-bond donors (Lipinski definition) is 1. The van der Waals surface area contributed by atoms with Crippen molar-refractivity contribution in [2.45, 2.75) is 30.0 Å². The number of nitrogens with zero attached hydrogens (tertiary/aromatic N) is 2. The summed E-state index contributed by atoms with van der Waals surface area (Å²) in [6.07, 6.45) is 3.41. The summed E-state index contributed by atoms with van der Waals surface area (Å²) in [7, 11) is -3.42. The van der Waals surface area contributed by atoms with Gasteiger partial charge in [-0.2, -0.15) is 0 Å². The van der Waals surface area contributed by atoms with Crippen molar-refractivity contribution >= 4 is 27.2 Å². The lowest BCUT2D eigenvalue weighted by atomic mass is 10.3. The highest BCUT2D eigenvalue weighted by Gasteiger charge is 2.28. The zero-order valence-corrected chi connectivity index (χ0v) is 14.0. The molecule has 1 N–H and O–H groups in total. The molecule has 2 aromatic rings. The molecule has 0 saturated carbocycles. The number of rotatable bonds is 5. The first-order chi connectivity index (χ1) is 10.6. The van der Waals surface area contributed by atoms with Crippen molar-refractivity contribution < 1.29 is 8.42 Å². The van der Waals surface area contributed by atoms with E-state index in [9.17, 15) is 8.42 Å². The second-order valence-electron chi connectivity index (χ2n) is 5.32. The molecular weight excluding hydrogens is 318 g/mol. The highest BCUT2D eigenvalue weighted by Crippen LogP contribution is 2.24. The molecule has 3 rings (SSSR count). The smallest absolute Gasteiger partial charge is 0.250 e. The Morgan fingerprint density at radius 2 is 2.23 bits per heavy atom. The summed E-state index contributed by atoms with van der Waals surface area (Å²) in [6.45, 7) is 3.49. The zero-order valence-electron chi connectivity index (χ0n) is 12.4. The fraction of sp³-hybridized carbons (Fsp3) is 0.400. The lowest BCUT2D eigenvalue weighted by Gasteiger charge is -2.17. The molecule has 7 heteroatoms. The molecule has 0 bridgehead atoms. The van der Waals surface area contributed by atoms with Gasteiger partial charge >= 0.3 is 0 Å². The number of pyridine rings is 1. The molecule has 1 saturated heterocycles. The summed E-state index contributed by atoms with van der Waals surface area (Å²) in [5, 5.41) is 0. The van der Waals surface area contributed by atoms with Crippen LogP contribution < -0.4 is 9.62 Å². The maximum Gasteiger partial charge on any atom is 0.250 e. The van der Waals surface area contributed by atoms with Crippen LogP contribution >= 0.6 is 11.3 Å². The number of thiophene rings is 1. The molecule has 2 aromatic heterocycles. The molecule has 0 amide bonds. The molecule has 3 heterocycles. The summed E-state index contributed by atoms with van der Waals surface area (Å²) >= 11 is 1.34. The monoisotopic (exact) mass is 337 g/mol. The number of nitrogens with one attached hydrogen (secondary N) is 1. The largest absolute Gasteiger partial charge is 0.355 e. The normalized spacial score (nSPS) is 18.8. The first-order valence-electron chi connectivity index (χ1n) is 7.35. The van der Waals surface area contributed by atoms with Crippen LogP contribution in [-0.2, 0) is 16.4 Å². The molecule has 0 aliphatic carbocycles. The van der Waals surface area contributed by atoms with E-state index in [-0.39, 0.29) is 6.04 Å². The highest BCUT2D eigenvalue weighted by atomic mass is 32.2. The van der Waals surface area contributed by atoms with Crippen LogP contribution in [-0.4, -0.2) is 32.5 Å². The van der Waals surface area contributed by atoms with Gasteiger partial charge in [0.1, 0.15) is 10.0 Å².